The summed E-state index contributed by atoms with van der Waals surface area (Å²) in [6, 6.07) is 0. The van der Waals surface area contributed by atoms with E-state index in [4.69, 9.17) is 4.74 Å². The van der Waals surface area contributed by atoms with Crippen molar-refractivity contribution >= 4 is 27.3 Å². The molecule has 0 amide bonds. The maximum absolute atomic E-state index is 5.68. The molecule has 4 nitrogen and oxygen atoms in total. The van der Waals surface area contributed by atoms with Crippen LogP contribution in [0.1, 0.15) is 11.4 Å². The van der Waals surface area contributed by atoms with Crippen LogP contribution < -0.4 is 4.74 Å². The van der Waals surface area contributed by atoms with E-state index in [1.807, 2.05) is 26.3 Å². The van der Waals surface area contributed by atoms with Gasteiger partial charge in [0.1, 0.15) is 10.3 Å². The van der Waals surface area contributed by atoms with Crippen molar-refractivity contribution in [1.82, 2.24) is 14.8 Å². The molecule has 2 aromatic heterocycles. The molecule has 0 aliphatic heterocycles. The molecule has 0 N–H and O–H groups in total. The summed E-state index contributed by atoms with van der Waals surface area (Å²) < 4.78 is 8.27. The van der Waals surface area contributed by atoms with Crippen LogP contribution in [0.2, 0.25) is 0 Å². The van der Waals surface area contributed by atoms with E-state index >= 15 is 0 Å². The van der Waals surface area contributed by atoms with Crippen molar-refractivity contribution in [3.05, 3.63) is 21.4 Å². The summed E-state index contributed by atoms with van der Waals surface area (Å²) >= 11 is 4.74. The van der Waals surface area contributed by atoms with Crippen LogP contribution in [0.25, 0.3) is 0 Å². The average molecular weight is 288 g/mol. The van der Waals surface area contributed by atoms with Crippen LogP contribution in [0.4, 0.5) is 0 Å². The maximum atomic E-state index is 5.68. The van der Waals surface area contributed by atoms with Gasteiger partial charge in [-0.2, -0.15) is 10.1 Å². The Morgan fingerprint density at radius 3 is 2.67 bits per heavy atom. The molecule has 0 saturated heterocycles. The topological polar surface area (TPSA) is 39.9 Å². The highest BCUT2D eigenvalue weighted by molar-refractivity contribution is 9.10. The molecule has 80 valence electrons. The van der Waals surface area contributed by atoms with Crippen molar-refractivity contribution in [3.63, 3.8) is 0 Å². The second kappa shape index (κ2) is 3.94. The lowest BCUT2D eigenvalue weighted by atomic mass is 10.3. The van der Waals surface area contributed by atoms with Crippen LogP contribution in [0.15, 0.2) is 9.98 Å². The average Bonchev–Trinajstić information content (AvgIpc) is 2.67. The van der Waals surface area contributed by atoms with E-state index in [0.717, 1.165) is 21.7 Å². The summed E-state index contributed by atoms with van der Waals surface area (Å²) in [6.07, 6.45) is 0. The predicted molar refractivity (Wildman–Crippen MR) is 62.6 cm³/mol. The molecule has 0 aliphatic carbocycles. The minimum atomic E-state index is 0.626. The smallest absolute Gasteiger partial charge is 0.279 e. The molecule has 0 saturated carbocycles. The molecule has 0 bridgehead atoms. The Labute approximate surface area is 100 Å². The highest BCUT2D eigenvalue weighted by Crippen LogP contribution is 2.31. The lowest BCUT2D eigenvalue weighted by molar-refractivity contribution is 0.470. The van der Waals surface area contributed by atoms with Gasteiger partial charge >= 0.3 is 0 Å². The lowest BCUT2D eigenvalue weighted by Crippen LogP contribution is -1.92. The van der Waals surface area contributed by atoms with Crippen molar-refractivity contribution in [2.24, 2.45) is 7.05 Å². The second-order valence-corrected chi connectivity index (χ2v) is 4.79. The standard InChI is InChI=1S/C9H10BrN3OS/c1-5-8(6(2)13(3)12-5)14-9-11-7(10)4-15-9/h4H,1-3H3. The zero-order valence-electron chi connectivity index (χ0n) is 8.61. The number of aryl methyl sites for hydroxylation is 2. The number of ether oxygens (including phenoxy) is 1. The van der Waals surface area contributed by atoms with Gasteiger partial charge in [0.2, 0.25) is 0 Å². The van der Waals surface area contributed by atoms with Gasteiger partial charge < -0.3 is 4.74 Å². The molecule has 6 heteroatoms. The number of rotatable bonds is 2. The van der Waals surface area contributed by atoms with Gasteiger partial charge in [0.05, 0.1) is 5.69 Å². The summed E-state index contributed by atoms with van der Waals surface area (Å²) in [5, 5.41) is 6.78. The van der Waals surface area contributed by atoms with Gasteiger partial charge in [0.15, 0.2) is 5.75 Å². The number of aromatic nitrogens is 3. The Morgan fingerprint density at radius 1 is 1.47 bits per heavy atom. The molecule has 15 heavy (non-hydrogen) atoms. The third-order valence-electron chi connectivity index (χ3n) is 2.09. The fraction of sp³-hybridized carbons (Fsp3) is 0.333. The number of thiazole rings is 1. The van der Waals surface area contributed by atoms with Gasteiger partial charge in [-0.05, 0) is 29.8 Å². The first-order valence-corrected chi connectivity index (χ1v) is 6.04. The molecular formula is C9H10BrN3OS. The van der Waals surface area contributed by atoms with Crippen LogP contribution in [0.5, 0.6) is 10.9 Å². The SMILES string of the molecule is Cc1nn(C)c(C)c1Oc1nc(Br)cs1. The van der Waals surface area contributed by atoms with Gasteiger partial charge in [-0.25, -0.2) is 0 Å². The summed E-state index contributed by atoms with van der Waals surface area (Å²) in [7, 11) is 1.90. The third kappa shape index (κ3) is 2.05. The van der Waals surface area contributed by atoms with Gasteiger partial charge in [-0.15, -0.1) is 0 Å². The Morgan fingerprint density at radius 2 is 2.20 bits per heavy atom. The van der Waals surface area contributed by atoms with Crippen molar-refractivity contribution in [1.29, 1.82) is 0 Å². The van der Waals surface area contributed by atoms with E-state index in [0.29, 0.717) is 5.19 Å². The summed E-state index contributed by atoms with van der Waals surface area (Å²) in [6.45, 7) is 3.89. The molecule has 2 aromatic rings. The van der Waals surface area contributed by atoms with E-state index in [2.05, 4.69) is 26.0 Å². The van der Waals surface area contributed by atoms with Crippen molar-refractivity contribution in [2.45, 2.75) is 13.8 Å². The minimum Gasteiger partial charge on any atom is -0.427 e. The number of halogens is 1. The Hall–Kier alpha value is -0.880. The first-order chi connectivity index (χ1) is 7.08. The molecule has 0 aromatic carbocycles. The van der Waals surface area contributed by atoms with E-state index in [1.54, 1.807) is 4.68 Å². The van der Waals surface area contributed by atoms with E-state index in [1.165, 1.54) is 11.3 Å². The highest BCUT2D eigenvalue weighted by atomic mass is 79.9. The van der Waals surface area contributed by atoms with Gasteiger partial charge in [-0.3, -0.25) is 4.68 Å². The Kier molecular flexibility index (Phi) is 2.79. The quantitative estimate of drug-likeness (QED) is 0.852. The van der Waals surface area contributed by atoms with Crippen molar-refractivity contribution in [3.8, 4) is 10.9 Å². The van der Waals surface area contributed by atoms with Gasteiger partial charge in [-0.1, -0.05) is 11.3 Å². The van der Waals surface area contributed by atoms with Gasteiger partial charge in [0.25, 0.3) is 5.19 Å². The van der Waals surface area contributed by atoms with Crippen LogP contribution in [0, 0.1) is 13.8 Å². The number of hydrogen-bond acceptors (Lipinski definition) is 4. The van der Waals surface area contributed by atoms with E-state index < -0.39 is 0 Å². The Balaban J connectivity index is 2.31. The molecule has 0 atom stereocenters. The maximum Gasteiger partial charge on any atom is 0.279 e. The Bertz CT molecular complexity index is 492. The van der Waals surface area contributed by atoms with Crippen molar-refractivity contribution in [2.75, 3.05) is 0 Å². The third-order valence-corrected chi connectivity index (χ3v) is 3.51. The molecule has 2 heterocycles. The summed E-state index contributed by atoms with van der Waals surface area (Å²) in [4.78, 5) is 4.17. The van der Waals surface area contributed by atoms with Crippen LogP contribution in [-0.4, -0.2) is 14.8 Å². The monoisotopic (exact) mass is 287 g/mol. The lowest BCUT2D eigenvalue weighted by Gasteiger charge is -2.00. The summed E-state index contributed by atoms with van der Waals surface area (Å²) in [5.74, 6) is 0.791. The second-order valence-electron chi connectivity index (χ2n) is 3.16. The largest absolute Gasteiger partial charge is 0.427 e. The normalized spacial score (nSPS) is 10.7. The fourth-order valence-corrected chi connectivity index (χ4v) is 2.37. The molecule has 0 radical (unpaired) electrons. The number of hydrogen-bond donors (Lipinski definition) is 0. The first kappa shape index (κ1) is 10.6. The zero-order chi connectivity index (χ0) is 11.0. The van der Waals surface area contributed by atoms with Crippen LogP contribution >= 0.6 is 27.3 Å². The predicted octanol–water partition coefficient (Wildman–Crippen LogP) is 3.05. The molecule has 0 fully saturated rings. The van der Waals surface area contributed by atoms with Crippen LogP contribution in [0.3, 0.4) is 0 Å². The van der Waals surface area contributed by atoms with Gasteiger partial charge in [0, 0.05) is 12.4 Å². The zero-order valence-corrected chi connectivity index (χ0v) is 11.0. The molecule has 0 aliphatic rings. The first-order valence-electron chi connectivity index (χ1n) is 4.37. The van der Waals surface area contributed by atoms with Crippen LogP contribution in [-0.2, 0) is 7.05 Å². The summed E-state index contributed by atoms with van der Waals surface area (Å²) in [5.41, 5.74) is 1.88. The minimum absolute atomic E-state index is 0.626. The fourth-order valence-electron chi connectivity index (χ4n) is 1.28. The van der Waals surface area contributed by atoms with E-state index in [9.17, 15) is 0 Å². The molecular weight excluding hydrogens is 278 g/mol. The molecule has 0 spiro atoms. The number of nitrogens with zero attached hydrogens (tertiary/aromatic N) is 3. The van der Waals surface area contributed by atoms with E-state index in [-0.39, 0.29) is 0 Å². The highest BCUT2D eigenvalue weighted by Gasteiger charge is 2.13. The van der Waals surface area contributed by atoms with Crippen molar-refractivity contribution < 1.29 is 4.74 Å². The molecule has 0 unspecified atom stereocenters. The molecule has 2 rings (SSSR count).